The van der Waals surface area contributed by atoms with Gasteiger partial charge in [0.1, 0.15) is 10.8 Å². The number of carbonyl (C=O) groups excluding carboxylic acids is 1. The Morgan fingerprint density at radius 1 is 1.10 bits per heavy atom. The third kappa shape index (κ3) is 4.32. The van der Waals surface area contributed by atoms with Crippen molar-refractivity contribution < 1.29 is 9.90 Å². The molecule has 0 bridgehead atoms. The first-order valence-electron chi connectivity index (χ1n) is 9.43. The van der Waals surface area contributed by atoms with E-state index in [1.165, 1.54) is 11.3 Å². The Kier molecular flexibility index (Phi) is 5.74. The topological polar surface area (TPSA) is 74.2 Å². The molecule has 5 nitrogen and oxygen atoms in total. The molecular weight excluding hydrogens is 414 g/mol. The molecule has 0 saturated carbocycles. The van der Waals surface area contributed by atoms with E-state index in [4.69, 9.17) is 12.2 Å². The molecule has 1 amide bonds. The minimum absolute atomic E-state index is 0.0864. The smallest absolute Gasteiger partial charge is 0.257 e. The molecule has 4 rings (SSSR count). The number of benzene rings is 3. The molecule has 0 spiro atoms. The van der Waals surface area contributed by atoms with Gasteiger partial charge in [0, 0.05) is 17.3 Å². The highest BCUT2D eigenvalue weighted by molar-refractivity contribution is 7.80. The number of anilines is 1. The van der Waals surface area contributed by atoms with E-state index in [-0.39, 0.29) is 16.8 Å². The number of thiazole rings is 1. The summed E-state index contributed by atoms with van der Waals surface area (Å²) in [7, 11) is 0. The molecule has 0 fully saturated rings. The molecule has 0 saturated heterocycles. The zero-order valence-corrected chi connectivity index (χ0v) is 17.8. The third-order valence-corrected chi connectivity index (χ3v) is 5.91. The maximum Gasteiger partial charge on any atom is 0.257 e. The number of aromatic nitrogens is 1. The number of phenolic OH excluding ortho intramolecular Hbond substituents is 1. The SMILES string of the molecule is CCc1ccc(C(=O)NC(=S)Nc2ccc(-c3nc4ccccc4s3)c(O)c2)cc1. The minimum Gasteiger partial charge on any atom is -0.507 e. The van der Waals surface area contributed by atoms with E-state index in [1.807, 2.05) is 36.4 Å². The lowest BCUT2D eigenvalue weighted by molar-refractivity contribution is 0.0977. The number of hydrogen-bond acceptors (Lipinski definition) is 5. The summed E-state index contributed by atoms with van der Waals surface area (Å²) in [4.78, 5) is 16.9. The summed E-state index contributed by atoms with van der Waals surface area (Å²) in [6.07, 6.45) is 0.915. The fourth-order valence-electron chi connectivity index (χ4n) is 3.01. The van der Waals surface area contributed by atoms with Crippen LogP contribution in [0.25, 0.3) is 20.8 Å². The Hall–Kier alpha value is -3.29. The monoisotopic (exact) mass is 433 g/mol. The van der Waals surface area contributed by atoms with E-state index in [9.17, 15) is 9.90 Å². The Labute approximate surface area is 183 Å². The largest absolute Gasteiger partial charge is 0.507 e. The van der Waals surface area contributed by atoms with Crippen molar-refractivity contribution in [2.45, 2.75) is 13.3 Å². The molecular formula is C23H19N3O2S2. The van der Waals surface area contributed by atoms with E-state index in [0.717, 1.165) is 27.2 Å². The normalized spacial score (nSPS) is 10.7. The van der Waals surface area contributed by atoms with Crippen LogP contribution in [0.1, 0.15) is 22.8 Å². The van der Waals surface area contributed by atoms with Crippen molar-refractivity contribution in [2.24, 2.45) is 0 Å². The van der Waals surface area contributed by atoms with E-state index >= 15 is 0 Å². The molecule has 7 heteroatoms. The Morgan fingerprint density at radius 3 is 2.57 bits per heavy atom. The van der Waals surface area contributed by atoms with Gasteiger partial charge >= 0.3 is 0 Å². The van der Waals surface area contributed by atoms with Gasteiger partial charge in [-0.3, -0.25) is 10.1 Å². The Bertz CT molecular complexity index is 1200. The molecule has 0 aliphatic carbocycles. The number of nitrogens with one attached hydrogen (secondary N) is 2. The van der Waals surface area contributed by atoms with Crippen molar-refractivity contribution in [1.82, 2.24) is 10.3 Å². The number of nitrogens with zero attached hydrogens (tertiary/aromatic N) is 1. The van der Waals surface area contributed by atoms with Crippen LogP contribution in [0.3, 0.4) is 0 Å². The lowest BCUT2D eigenvalue weighted by Crippen LogP contribution is -2.34. The summed E-state index contributed by atoms with van der Waals surface area (Å²) < 4.78 is 1.06. The average molecular weight is 434 g/mol. The van der Waals surface area contributed by atoms with Crippen LogP contribution in [0.4, 0.5) is 5.69 Å². The van der Waals surface area contributed by atoms with Gasteiger partial charge in [-0.15, -0.1) is 11.3 Å². The summed E-state index contributed by atoms with van der Waals surface area (Å²) >= 11 is 6.76. The number of phenols is 1. The van der Waals surface area contributed by atoms with Crippen LogP contribution in [-0.2, 0) is 6.42 Å². The Morgan fingerprint density at radius 2 is 1.87 bits per heavy atom. The second-order valence-corrected chi connectivity index (χ2v) is 8.12. The molecule has 1 aromatic heterocycles. The van der Waals surface area contributed by atoms with Gasteiger partial charge in [-0.25, -0.2) is 4.98 Å². The molecule has 0 unspecified atom stereocenters. The molecule has 3 aromatic carbocycles. The summed E-state index contributed by atoms with van der Waals surface area (Å²) in [5, 5.41) is 17.0. The molecule has 0 aliphatic heterocycles. The van der Waals surface area contributed by atoms with E-state index in [2.05, 4.69) is 22.5 Å². The number of carbonyl (C=O) groups is 1. The van der Waals surface area contributed by atoms with Crippen LogP contribution in [0.5, 0.6) is 5.75 Å². The number of aromatic hydroxyl groups is 1. The van der Waals surface area contributed by atoms with Gasteiger partial charge in [0.25, 0.3) is 5.91 Å². The fourth-order valence-corrected chi connectivity index (χ4v) is 4.22. The van der Waals surface area contributed by atoms with Gasteiger partial charge in [-0.05, 0) is 60.6 Å². The first-order valence-corrected chi connectivity index (χ1v) is 10.7. The highest BCUT2D eigenvalue weighted by atomic mass is 32.1. The van der Waals surface area contributed by atoms with Crippen molar-refractivity contribution in [1.29, 1.82) is 0 Å². The standard InChI is InChI=1S/C23H19N3O2S2/c1-2-14-7-9-15(10-8-14)21(28)26-23(29)24-16-11-12-17(19(27)13-16)22-25-18-5-3-4-6-20(18)30-22/h3-13,27H,2H2,1H3,(H2,24,26,28,29). The summed E-state index contributed by atoms with van der Waals surface area (Å²) in [5.74, 6) is -0.200. The zero-order valence-electron chi connectivity index (χ0n) is 16.2. The number of thiocarbonyl (C=S) groups is 1. The fraction of sp³-hybridized carbons (Fsp3) is 0.0870. The zero-order chi connectivity index (χ0) is 21.1. The number of hydrogen-bond donors (Lipinski definition) is 3. The van der Waals surface area contributed by atoms with E-state index in [1.54, 1.807) is 30.3 Å². The first-order chi connectivity index (χ1) is 14.5. The lowest BCUT2D eigenvalue weighted by Gasteiger charge is -2.11. The van der Waals surface area contributed by atoms with Crippen LogP contribution >= 0.6 is 23.6 Å². The van der Waals surface area contributed by atoms with Gasteiger partial charge < -0.3 is 10.4 Å². The van der Waals surface area contributed by atoms with Crippen LogP contribution < -0.4 is 10.6 Å². The maximum atomic E-state index is 12.3. The van der Waals surface area contributed by atoms with Crippen LogP contribution in [-0.4, -0.2) is 21.1 Å². The van der Waals surface area contributed by atoms with Crippen LogP contribution in [0.15, 0.2) is 66.7 Å². The van der Waals surface area contributed by atoms with Gasteiger partial charge in [0.2, 0.25) is 0 Å². The molecule has 1 heterocycles. The van der Waals surface area contributed by atoms with Crippen LogP contribution in [0.2, 0.25) is 0 Å². The van der Waals surface area contributed by atoms with Gasteiger partial charge in [-0.2, -0.15) is 0 Å². The second-order valence-electron chi connectivity index (χ2n) is 6.68. The number of amides is 1. The molecule has 0 radical (unpaired) electrons. The Balaban J connectivity index is 1.44. The molecule has 4 aromatic rings. The highest BCUT2D eigenvalue weighted by Crippen LogP contribution is 2.36. The molecule has 0 aliphatic rings. The number of aryl methyl sites for hydroxylation is 1. The van der Waals surface area contributed by atoms with Gasteiger partial charge in [0.05, 0.1) is 15.8 Å². The second kappa shape index (κ2) is 8.61. The molecule has 3 N–H and O–H groups in total. The van der Waals surface area contributed by atoms with Crippen molar-refractivity contribution >= 4 is 50.5 Å². The lowest BCUT2D eigenvalue weighted by atomic mass is 10.1. The summed E-state index contributed by atoms with van der Waals surface area (Å²) in [5.41, 5.74) is 3.81. The summed E-state index contributed by atoms with van der Waals surface area (Å²) in [6.45, 7) is 2.06. The third-order valence-electron chi connectivity index (χ3n) is 4.63. The molecule has 150 valence electrons. The minimum atomic E-state index is -0.287. The summed E-state index contributed by atoms with van der Waals surface area (Å²) in [6, 6.07) is 20.4. The quantitative estimate of drug-likeness (QED) is 0.378. The van der Waals surface area contributed by atoms with E-state index < -0.39 is 0 Å². The molecule has 0 atom stereocenters. The van der Waals surface area contributed by atoms with Crippen molar-refractivity contribution in [3.05, 3.63) is 77.9 Å². The first kappa shape index (κ1) is 20.0. The van der Waals surface area contributed by atoms with Crippen molar-refractivity contribution in [3.63, 3.8) is 0 Å². The number of rotatable bonds is 4. The van der Waals surface area contributed by atoms with Crippen molar-refractivity contribution in [3.8, 4) is 16.3 Å². The van der Waals surface area contributed by atoms with Crippen molar-refractivity contribution in [2.75, 3.05) is 5.32 Å². The maximum absolute atomic E-state index is 12.3. The van der Waals surface area contributed by atoms with Crippen LogP contribution in [0, 0.1) is 0 Å². The highest BCUT2D eigenvalue weighted by Gasteiger charge is 2.12. The van der Waals surface area contributed by atoms with E-state index in [0.29, 0.717) is 16.8 Å². The molecule has 30 heavy (non-hydrogen) atoms. The predicted molar refractivity (Wildman–Crippen MR) is 126 cm³/mol. The van der Waals surface area contributed by atoms with Gasteiger partial charge in [-0.1, -0.05) is 31.2 Å². The number of para-hydroxylation sites is 1. The average Bonchev–Trinajstić information content (AvgIpc) is 3.17. The number of fused-ring (bicyclic) bond motifs is 1. The van der Waals surface area contributed by atoms with Gasteiger partial charge in [0.15, 0.2) is 5.11 Å². The predicted octanol–water partition coefficient (Wildman–Crippen LogP) is 5.36.